The van der Waals surface area contributed by atoms with E-state index in [9.17, 15) is 18.3 Å². The molecule has 4 rings (SSSR count). The number of sulfonamides is 1. The van der Waals surface area contributed by atoms with Crippen LogP contribution in [0, 0.1) is 12.8 Å². The Kier molecular flexibility index (Phi) is 5.52. The number of benzene rings is 1. The molecule has 0 amide bonds. The van der Waals surface area contributed by atoms with Crippen LogP contribution in [0.15, 0.2) is 28.7 Å². The number of aromatic nitrogens is 2. The molecule has 1 fully saturated rings. The Morgan fingerprint density at radius 1 is 1.35 bits per heavy atom. The number of amidine groups is 1. The summed E-state index contributed by atoms with van der Waals surface area (Å²) in [6, 6.07) is 6.64. The third-order valence-corrected chi connectivity index (χ3v) is 6.43. The molecule has 10 nitrogen and oxygen atoms in total. The van der Waals surface area contributed by atoms with Gasteiger partial charge in [-0.2, -0.15) is 0 Å². The highest BCUT2D eigenvalue weighted by Crippen LogP contribution is 2.29. The number of rotatable bonds is 5. The van der Waals surface area contributed by atoms with Gasteiger partial charge in [0.25, 0.3) is 10.0 Å². The number of fused-ring (bicyclic) bond motifs is 1. The minimum absolute atomic E-state index is 0.0264. The quantitative estimate of drug-likeness (QED) is 0.695. The van der Waals surface area contributed by atoms with Crippen molar-refractivity contribution in [1.29, 1.82) is 0 Å². The summed E-state index contributed by atoms with van der Waals surface area (Å²) in [6.07, 6.45) is 1.82. The van der Waals surface area contributed by atoms with Gasteiger partial charge in [-0.3, -0.25) is 0 Å². The largest absolute Gasteiger partial charge is 0.492 e. The number of nitrogens with zero attached hydrogens (tertiary/aromatic N) is 4. The molecule has 0 bridgehead atoms. The summed E-state index contributed by atoms with van der Waals surface area (Å²) in [4.78, 5) is 21.9. The van der Waals surface area contributed by atoms with Crippen molar-refractivity contribution in [1.82, 2.24) is 9.97 Å². The Bertz CT molecular complexity index is 1160. The molecule has 0 spiro atoms. The zero-order valence-electron chi connectivity index (χ0n) is 17.0. The van der Waals surface area contributed by atoms with E-state index in [4.69, 9.17) is 10.5 Å². The normalized spacial score (nSPS) is 20.0. The van der Waals surface area contributed by atoms with Crippen LogP contribution < -0.4 is 15.4 Å². The lowest BCUT2D eigenvalue weighted by atomic mass is 9.99. The Hall–Kier alpha value is -3.21. The predicted octanol–water partition coefficient (Wildman–Crippen LogP) is 1.33. The first kappa shape index (κ1) is 21.0. The Labute approximate surface area is 179 Å². The molecule has 2 aliphatic heterocycles. The number of carboxylic acids is 1. The van der Waals surface area contributed by atoms with Gasteiger partial charge in [-0.25, -0.2) is 23.2 Å². The van der Waals surface area contributed by atoms with Gasteiger partial charge in [-0.05, 0) is 37.5 Å². The number of piperidine rings is 1. The molecule has 0 saturated carbocycles. The van der Waals surface area contributed by atoms with E-state index in [-0.39, 0.29) is 23.2 Å². The summed E-state index contributed by atoms with van der Waals surface area (Å²) in [5.41, 5.74) is 7.57. The van der Waals surface area contributed by atoms with Gasteiger partial charge in [0, 0.05) is 24.7 Å². The lowest BCUT2D eigenvalue weighted by molar-refractivity contribution is 0.0690. The van der Waals surface area contributed by atoms with Crippen LogP contribution in [0.2, 0.25) is 0 Å². The molecule has 1 aromatic heterocycles. The van der Waals surface area contributed by atoms with Crippen LogP contribution in [0.25, 0.3) is 0 Å². The predicted molar refractivity (Wildman–Crippen MR) is 114 cm³/mol. The summed E-state index contributed by atoms with van der Waals surface area (Å²) in [5, 5.41) is 9.26. The number of ether oxygens (including phenoxy) is 1. The highest BCUT2D eigenvalue weighted by atomic mass is 32.2. The van der Waals surface area contributed by atoms with Gasteiger partial charge >= 0.3 is 5.97 Å². The SMILES string of the molecule is Cc1cc(C(=O)O)nc(N2CCC[C@H](COc3cccc4c3C(N)=NS(=O)(=O)C4)C2)n1. The molecule has 0 unspecified atom stereocenters. The summed E-state index contributed by atoms with van der Waals surface area (Å²) >= 11 is 0. The summed E-state index contributed by atoms with van der Waals surface area (Å²) < 4.78 is 33.3. The van der Waals surface area contributed by atoms with E-state index in [0.717, 1.165) is 19.4 Å². The van der Waals surface area contributed by atoms with Crippen molar-refractivity contribution >= 4 is 27.8 Å². The van der Waals surface area contributed by atoms with Gasteiger partial charge < -0.3 is 20.5 Å². The molecule has 1 atom stereocenters. The second-order valence-electron chi connectivity index (χ2n) is 7.76. The van der Waals surface area contributed by atoms with Crippen molar-refractivity contribution in [2.24, 2.45) is 16.0 Å². The Morgan fingerprint density at radius 2 is 2.16 bits per heavy atom. The molecule has 1 aromatic carbocycles. The fourth-order valence-corrected chi connectivity index (χ4v) is 5.02. The van der Waals surface area contributed by atoms with Gasteiger partial charge in [-0.1, -0.05) is 12.1 Å². The van der Waals surface area contributed by atoms with E-state index in [1.54, 1.807) is 25.1 Å². The van der Waals surface area contributed by atoms with Crippen molar-refractivity contribution in [3.8, 4) is 5.75 Å². The fourth-order valence-electron chi connectivity index (χ4n) is 3.93. The molecule has 3 heterocycles. The number of hydrogen-bond acceptors (Lipinski definition) is 8. The van der Waals surface area contributed by atoms with E-state index in [2.05, 4.69) is 14.4 Å². The monoisotopic (exact) mass is 445 g/mol. The number of hydrogen-bond donors (Lipinski definition) is 2. The van der Waals surface area contributed by atoms with Crippen molar-refractivity contribution in [2.75, 3.05) is 24.6 Å². The van der Waals surface area contributed by atoms with Crippen LogP contribution in [-0.4, -0.2) is 55.0 Å². The highest BCUT2D eigenvalue weighted by molar-refractivity contribution is 7.89. The molecule has 2 aliphatic rings. The number of aromatic carboxylic acids is 1. The average Bonchev–Trinajstić information content (AvgIpc) is 2.70. The van der Waals surface area contributed by atoms with Gasteiger partial charge in [0.1, 0.15) is 11.6 Å². The number of aryl methyl sites for hydroxylation is 1. The third kappa shape index (κ3) is 4.61. The molecule has 1 saturated heterocycles. The molecule has 164 valence electrons. The van der Waals surface area contributed by atoms with Crippen LogP contribution in [0.3, 0.4) is 0 Å². The molecule has 0 aliphatic carbocycles. The number of nitrogens with two attached hydrogens (primary N) is 1. The first-order valence-corrected chi connectivity index (χ1v) is 11.5. The zero-order chi connectivity index (χ0) is 22.2. The first-order chi connectivity index (χ1) is 14.7. The van der Waals surface area contributed by atoms with E-state index < -0.39 is 16.0 Å². The minimum atomic E-state index is -3.60. The third-order valence-electron chi connectivity index (χ3n) is 5.28. The van der Waals surface area contributed by atoms with Crippen molar-refractivity contribution in [2.45, 2.75) is 25.5 Å². The summed E-state index contributed by atoms with van der Waals surface area (Å²) in [6.45, 7) is 3.49. The zero-order valence-corrected chi connectivity index (χ0v) is 17.8. The minimum Gasteiger partial charge on any atom is -0.492 e. The second-order valence-corrected chi connectivity index (χ2v) is 9.39. The number of carbonyl (C=O) groups is 1. The number of anilines is 1. The molecular formula is C20H23N5O5S. The van der Waals surface area contributed by atoms with Crippen LogP contribution in [0.1, 0.15) is 40.2 Å². The van der Waals surface area contributed by atoms with Crippen molar-refractivity contribution in [3.63, 3.8) is 0 Å². The van der Waals surface area contributed by atoms with Crippen LogP contribution >= 0.6 is 0 Å². The number of carboxylic acid groups (broad SMARTS) is 1. The van der Waals surface area contributed by atoms with Crippen molar-refractivity contribution in [3.05, 3.63) is 46.8 Å². The highest BCUT2D eigenvalue weighted by Gasteiger charge is 2.27. The molecule has 2 aromatic rings. The van der Waals surface area contributed by atoms with Crippen LogP contribution in [0.4, 0.5) is 5.95 Å². The van der Waals surface area contributed by atoms with Gasteiger partial charge in [0.15, 0.2) is 5.69 Å². The maximum absolute atomic E-state index is 11.8. The van der Waals surface area contributed by atoms with Crippen LogP contribution in [-0.2, 0) is 15.8 Å². The Balaban J connectivity index is 1.48. The van der Waals surface area contributed by atoms with E-state index >= 15 is 0 Å². The van der Waals surface area contributed by atoms with E-state index in [1.807, 2.05) is 4.90 Å². The molecule has 0 radical (unpaired) electrons. The smallest absolute Gasteiger partial charge is 0.354 e. The first-order valence-electron chi connectivity index (χ1n) is 9.89. The maximum Gasteiger partial charge on any atom is 0.354 e. The van der Waals surface area contributed by atoms with Gasteiger partial charge in [-0.15, -0.1) is 4.40 Å². The Morgan fingerprint density at radius 3 is 2.94 bits per heavy atom. The summed E-state index contributed by atoms with van der Waals surface area (Å²) in [5.74, 6) is -0.275. The molecular weight excluding hydrogens is 422 g/mol. The standard InChI is InChI=1S/C20H23N5O5S/c1-12-8-15(19(26)27)23-20(22-12)25-7-3-4-13(9-25)10-30-16-6-2-5-14-11-31(28,29)24-18(21)17(14)16/h2,5-6,8,13H,3-4,7,9-11H2,1H3,(H2,21,24)(H,26,27)/t13-/m0/s1. The van der Waals surface area contributed by atoms with Crippen molar-refractivity contribution < 1.29 is 23.1 Å². The molecule has 11 heteroatoms. The van der Waals surface area contributed by atoms with Gasteiger partial charge in [0.05, 0.1) is 17.9 Å². The van der Waals surface area contributed by atoms with Crippen LogP contribution in [0.5, 0.6) is 5.75 Å². The molecule has 31 heavy (non-hydrogen) atoms. The maximum atomic E-state index is 11.8. The van der Waals surface area contributed by atoms with E-state index in [1.165, 1.54) is 6.07 Å². The lowest BCUT2D eigenvalue weighted by Crippen LogP contribution is -2.39. The molecule has 3 N–H and O–H groups in total. The lowest BCUT2D eigenvalue weighted by Gasteiger charge is -2.33. The average molecular weight is 446 g/mol. The summed E-state index contributed by atoms with van der Waals surface area (Å²) in [7, 11) is -3.60. The van der Waals surface area contributed by atoms with Gasteiger partial charge in [0.2, 0.25) is 5.95 Å². The fraction of sp³-hybridized carbons (Fsp3) is 0.400. The topological polar surface area (TPSA) is 148 Å². The van der Waals surface area contributed by atoms with E-state index in [0.29, 0.717) is 41.7 Å². The second kappa shape index (κ2) is 8.14.